The first kappa shape index (κ1) is 18.0. The number of ether oxygens (including phenoxy) is 1. The number of nitrogens with zero attached hydrogens (tertiary/aromatic N) is 2. The molecular weight excluding hydrogens is 287 g/mol. The van der Waals surface area contributed by atoms with Gasteiger partial charge in [-0.1, -0.05) is 12.2 Å². The van der Waals surface area contributed by atoms with Crippen LogP contribution in [0.15, 0.2) is 12.3 Å². The smallest absolute Gasteiger partial charge is 0.225 e. The van der Waals surface area contributed by atoms with Crippen LogP contribution in [-0.2, 0) is 0 Å². The summed E-state index contributed by atoms with van der Waals surface area (Å²) in [4.78, 5) is 8.08. The number of hydrogen-bond donors (Lipinski definition) is 2. The summed E-state index contributed by atoms with van der Waals surface area (Å²) in [6.45, 7) is 1.96. The van der Waals surface area contributed by atoms with Crippen LogP contribution in [-0.4, -0.2) is 22.1 Å². The molecular formula is C12H20Cl2N4O. The average molecular weight is 307 g/mol. The van der Waals surface area contributed by atoms with Crippen molar-refractivity contribution >= 4 is 36.8 Å². The number of halogens is 2. The van der Waals surface area contributed by atoms with Crippen molar-refractivity contribution in [2.45, 2.75) is 38.3 Å². The third-order valence-electron chi connectivity index (χ3n) is 2.41. The Morgan fingerprint density at radius 1 is 1.47 bits per heavy atom. The van der Waals surface area contributed by atoms with Crippen LogP contribution in [0, 0.1) is 0 Å². The Labute approximate surface area is 125 Å². The molecule has 0 unspecified atom stereocenters. The number of rotatable bonds is 5. The lowest BCUT2D eigenvalue weighted by molar-refractivity contribution is 0.290. The Bertz CT molecular complexity index is 422. The minimum Gasteiger partial charge on any atom is -0.474 e. The summed E-state index contributed by atoms with van der Waals surface area (Å²) < 4.78 is 5.68. The highest BCUT2D eigenvalue weighted by Gasteiger charge is 2.25. The zero-order valence-electron chi connectivity index (χ0n) is 10.8. The van der Waals surface area contributed by atoms with Gasteiger partial charge in [-0.15, -0.1) is 24.8 Å². The summed E-state index contributed by atoms with van der Waals surface area (Å²) in [5.74, 6) is 0.811. The van der Waals surface area contributed by atoms with E-state index in [4.69, 9.17) is 16.2 Å². The van der Waals surface area contributed by atoms with E-state index in [2.05, 4.69) is 9.97 Å². The summed E-state index contributed by atoms with van der Waals surface area (Å²) in [7, 11) is 0. The quantitative estimate of drug-likeness (QED) is 0.870. The molecule has 5 nitrogen and oxygen atoms in total. The van der Waals surface area contributed by atoms with Gasteiger partial charge in [-0.3, -0.25) is 0 Å². The van der Waals surface area contributed by atoms with Crippen LogP contribution in [0.2, 0.25) is 0 Å². The van der Waals surface area contributed by atoms with Gasteiger partial charge in [-0.05, 0) is 26.2 Å². The summed E-state index contributed by atoms with van der Waals surface area (Å²) in [5.41, 5.74) is 12.1. The van der Waals surface area contributed by atoms with E-state index in [0.29, 0.717) is 12.0 Å². The van der Waals surface area contributed by atoms with Crippen molar-refractivity contribution in [1.29, 1.82) is 0 Å². The second-order valence-corrected chi connectivity index (χ2v) is 4.42. The van der Waals surface area contributed by atoms with Crippen molar-refractivity contribution in [3.63, 3.8) is 0 Å². The molecule has 1 atom stereocenters. The van der Waals surface area contributed by atoms with Crippen molar-refractivity contribution < 1.29 is 4.74 Å². The fraction of sp³-hybridized carbons (Fsp3) is 0.500. The van der Waals surface area contributed by atoms with Crippen molar-refractivity contribution in [3.05, 3.63) is 17.8 Å². The highest BCUT2D eigenvalue weighted by atomic mass is 35.5. The first-order valence-electron chi connectivity index (χ1n) is 5.86. The van der Waals surface area contributed by atoms with Gasteiger partial charge in [0.1, 0.15) is 6.10 Å². The van der Waals surface area contributed by atoms with E-state index in [9.17, 15) is 0 Å². The SMILES string of the molecule is C[C@H](N)C/C=C/c1cnc(N)nc1OC1CC1.Cl.Cl. The highest BCUT2D eigenvalue weighted by Crippen LogP contribution is 2.28. The minimum atomic E-state index is 0. The molecule has 4 N–H and O–H groups in total. The van der Waals surface area contributed by atoms with Gasteiger partial charge in [0.25, 0.3) is 0 Å². The third-order valence-corrected chi connectivity index (χ3v) is 2.41. The lowest BCUT2D eigenvalue weighted by atomic mass is 10.2. The number of aromatic nitrogens is 2. The van der Waals surface area contributed by atoms with E-state index in [-0.39, 0.29) is 36.8 Å². The molecule has 0 bridgehead atoms. The predicted octanol–water partition coefficient (Wildman–Crippen LogP) is 2.19. The predicted molar refractivity (Wildman–Crippen MR) is 81.9 cm³/mol. The Morgan fingerprint density at radius 2 is 2.16 bits per heavy atom. The molecule has 2 rings (SSSR count). The molecule has 108 valence electrons. The van der Waals surface area contributed by atoms with E-state index in [1.165, 1.54) is 0 Å². The highest BCUT2D eigenvalue weighted by molar-refractivity contribution is 5.85. The Hall–Kier alpha value is -1.04. The molecule has 1 aliphatic rings. The van der Waals surface area contributed by atoms with Crippen molar-refractivity contribution in [1.82, 2.24) is 9.97 Å². The summed E-state index contributed by atoms with van der Waals surface area (Å²) in [5, 5.41) is 0. The normalized spacial score (nSPS) is 15.5. The van der Waals surface area contributed by atoms with Crippen LogP contribution >= 0.6 is 24.8 Å². The molecule has 1 saturated carbocycles. The van der Waals surface area contributed by atoms with Crippen LogP contribution < -0.4 is 16.2 Å². The van der Waals surface area contributed by atoms with Crippen LogP contribution in [0.25, 0.3) is 6.08 Å². The van der Waals surface area contributed by atoms with Crippen molar-refractivity contribution in [2.24, 2.45) is 5.73 Å². The molecule has 1 fully saturated rings. The van der Waals surface area contributed by atoms with Gasteiger partial charge in [-0.25, -0.2) is 4.98 Å². The van der Waals surface area contributed by atoms with Crippen LogP contribution in [0.5, 0.6) is 5.88 Å². The zero-order valence-corrected chi connectivity index (χ0v) is 12.4. The zero-order chi connectivity index (χ0) is 12.3. The number of hydrogen-bond acceptors (Lipinski definition) is 5. The lowest BCUT2D eigenvalue weighted by Crippen LogP contribution is -2.12. The van der Waals surface area contributed by atoms with E-state index in [0.717, 1.165) is 24.8 Å². The van der Waals surface area contributed by atoms with E-state index in [1.54, 1.807) is 6.20 Å². The largest absolute Gasteiger partial charge is 0.474 e. The first-order chi connectivity index (χ1) is 8.15. The number of anilines is 1. The summed E-state index contributed by atoms with van der Waals surface area (Å²) in [6.07, 6.45) is 8.90. The molecule has 7 heteroatoms. The van der Waals surface area contributed by atoms with Crippen molar-refractivity contribution in [2.75, 3.05) is 5.73 Å². The Kier molecular flexibility index (Phi) is 7.75. The minimum absolute atomic E-state index is 0. The second-order valence-electron chi connectivity index (χ2n) is 4.42. The molecule has 1 heterocycles. The summed E-state index contributed by atoms with van der Waals surface area (Å²) in [6, 6.07) is 0.147. The number of nitrogens with two attached hydrogens (primary N) is 2. The molecule has 1 aromatic heterocycles. The van der Waals surface area contributed by atoms with Gasteiger partial charge in [-0.2, -0.15) is 4.98 Å². The molecule has 1 aliphatic carbocycles. The molecule has 0 aliphatic heterocycles. The standard InChI is InChI=1S/C12H18N4O.2ClH/c1-8(13)3-2-4-9-7-15-12(14)16-11(9)17-10-5-6-10;;/h2,4,7-8,10H,3,5-6,13H2,1H3,(H2,14,15,16);2*1H/b4-2+;;/t8-;;/m0../s1. The molecule has 19 heavy (non-hydrogen) atoms. The summed E-state index contributed by atoms with van der Waals surface area (Å²) >= 11 is 0. The Morgan fingerprint density at radius 3 is 2.74 bits per heavy atom. The van der Waals surface area contributed by atoms with Gasteiger partial charge < -0.3 is 16.2 Å². The van der Waals surface area contributed by atoms with Gasteiger partial charge in [0, 0.05) is 12.2 Å². The third kappa shape index (κ3) is 6.09. The molecule has 0 amide bonds. The van der Waals surface area contributed by atoms with Gasteiger partial charge in [0.15, 0.2) is 0 Å². The molecule has 0 radical (unpaired) electrons. The maximum atomic E-state index is 5.68. The topological polar surface area (TPSA) is 87.0 Å². The molecule has 1 aromatic rings. The monoisotopic (exact) mass is 306 g/mol. The first-order valence-corrected chi connectivity index (χ1v) is 5.86. The maximum absolute atomic E-state index is 5.68. The molecule has 0 saturated heterocycles. The lowest BCUT2D eigenvalue weighted by Gasteiger charge is -2.07. The molecule has 0 aromatic carbocycles. The van der Waals surface area contributed by atoms with Gasteiger partial charge in [0.05, 0.1) is 5.56 Å². The van der Waals surface area contributed by atoms with Crippen LogP contribution in [0.1, 0.15) is 31.7 Å². The molecule has 0 spiro atoms. The van der Waals surface area contributed by atoms with E-state index >= 15 is 0 Å². The van der Waals surface area contributed by atoms with E-state index in [1.807, 2.05) is 19.1 Å². The van der Waals surface area contributed by atoms with Gasteiger partial charge >= 0.3 is 0 Å². The van der Waals surface area contributed by atoms with Crippen molar-refractivity contribution in [3.8, 4) is 5.88 Å². The Balaban J connectivity index is 0.00000162. The second kappa shape index (κ2) is 8.19. The fourth-order valence-corrected chi connectivity index (χ4v) is 1.35. The average Bonchev–Trinajstić information content (AvgIpc) is 3.05. The fourth-order valence-electron chi connectivity index (χ4n) is 1.35. The maximum Gasteiger partial charge on any atom is 0.225 e. The number of nitrogen functional groups attached to an aromatic ring is 1. The van der Waals surface area contributed by atoms with Gasteiger partial charge in [0.2, 0.25) is 11.8 Å². The van der Waals surface area contributed by atoms with E-state index < -0.39 is 0 Å². The van der Waals surface area contributed by atoms with Crippen LogP contribution in [0.3, 0.4) is 0 Å². The van der Waals surface area contributed by atoms with Crippen LogP contribution in [0.4, 0.5) is 5.95 Å².